The van der Waals surface area contributed by atoms with Gasteiger partial charge in [-0.25, -0.2) is 8.42 Å². The van der Waals surface area contributed by atoms with Crippen LogP contribution in [0.3, 0.4) is 0 Å². The molecule has 9 heteroatoms. The zero-order valence-corrected chi connectivity index (χ0v) is 21.9. The van der Waals surface area contributed by atoms with E-state index in [9.17, 15) is 13.2 Å². The van der Waals surface area contributed by atoms with E-state index >= 15 is 0 Å². The Labute approximate surface area is 217 Å². The topological polar surface area (TPSA) is 74.6 Å². The second-order valence-corrected chi connectivity index (χ2v) is 11.9. The molecule has 2 unspecified atom stereocenters. The average molecular weight is 527 g/mol. The quantitative estimate of drug-likeness (QED) is 0.505. The fourth-order valence-electron chi connectivity index (χ4n) is 5.40. The van der Waals surface area contributed by atoms with E-state index in [1.165, 1.54) is 9.87 Å². The summed E-state index contributed by atoms with van der Waals surface area (Å²) in [5.41, 5.74) is 2.67. The van der Waals surface area contributed by atoms with Gasteiger partial charge in [-0.1, -0.05) is 54.1 Å². The van der Waals surface area contributed by atoms with Crippen LogP contribution in [-0.2, 0) is 27.9 Å². The SMILES string of the molecule is Cc1cccc(Cl)c1S(=O)(=O)N1CCn2cccc2C1CC(=O)NC1CCN(Cc2ccccc2)C1. The highest BCUT2D eigenvalue weighted by Crippen LogP contribution is 2.37. The number of aryl methyl sites for hydroxylation is 1. The van der Waals surface area contributed by atoms with Gasteiger partial charge in [-0.05, 0) is 42.7 Å². The first-order valence-electron chi connectivity index (χ1n) is 12.3. The summed E-state index contributed by atoms with van der Waals surface area (Å²) >= 11 is 6.36. The van der Waals surface area contributed by atoms with Gasteiger partial charge in [-0.3, -0.25) is 9.69 Å². The number of likely N-dealkylation sites (tertiary alicyclic amines) is 1. The van der Waals surface area contributed by atoms with Crippen molar-refractivity contribution in [2.45, 2.75) is 49.8 Å². The number of fused-ring (bicyclic) bond motifs is 1. The number of amides is 1. The molecule has 0 radical (unpaired) electrons. The van der Waals surface area contributed by atoms with Gasteiger partial charge in [0.15, 0.2) is 0 Å². The van der Waals surface area contributed by atoms with Gasteiger partial charge in [-0.2, -0.15) is 4.31 Å². The number of nitrogens with zero attached hydrogens (tertiary/aromatic N) is 3. The molecule has 2 aromatic carbocycles. The number of halogens is 1. The maximum atomic E-state index is 13.8. The number of carbonyl (C=O) groups is 1. The maximum Gasteiger partial charge on any atom is 0.245 e. The lowest BCUT2D eigenvalue weighted by atomic mass is 10.1. The van der Waals surface area contributed by atoms with Crippen molar-refractivity contribution in [1.29, 1.82) is 0 Å². The van der Waals surface area contributed by atoms with E-state index in [-0.39, 0.29) is 34.8 Å². The molecule has 1 aromatic heterocycles. The molecule has 2 aliphatic rings. The van der Waals surface area contributed by atoms with E-state index in [4.69, 9.17) is 11.6 Å². The van der Waals surface area contributed by atoms with Gasteiger partial charge < -0.3 is 9.88 Å². The predicted octanol–water partition coefficient (Wildman–Crippen LogP) is 3.98. The summed E-state index contributed by atoms with van der Waals surface area (Å²) in [6, 6.07) is 18.6. The Hall–Kier alpha value is -2.65. The monoisotopic (exact) mass is 526 g/mol. The lowest BCUT2D eigenvalue weighted by molar-refractivity contribution is -0.122. The van der Waals surface area contributed by atoms with Crippen molar-refractivity contribution in [3.05, 3.63) is 88.7 Å². The molecule has 0 spiro atoms. The molecule has 3 aromatic rings. The zero-order valence-electron chi connectivity index (χ0n) is 20.3. The highest BCUT2D eigenvalue weighted by Gasteiger charge is 2.39. The molecular weight excluding hydrogens is 496 g/mol. The summed E-state index contributed by atoms with van der Waals surface area (Å²) < 4.78 is 31.1. The molecule has 0 saturated carbocycles. The zero-order chi connectivity index (χ0) is 25.3. The highest BCUT2D eigenvalue weighted by atomic mass is 35.5. The van der Waals surface area contributed by atoms with Crippen LogP contribution in [0.5, 0.6) is 0 Å². The molecule has 3 heterocycles. The van der Waals surface area contributed by atoms with Crippen LogP contribution in [0.4, 0.5) is 0 Å². The van der Waals surface area contributed by atoms with Crippen LogP contribution < -0.4 is 5.32 Å². The molecule has 2 aliphatic heterocycles. The van der Waals surface area contributed by atoms with Gasteiger partial charge in [0, 0.05) is 57.1 Å². The van der Waals surface area contributed by atoms with E-state index in [2.05, 4.69) is 22.3 Å². The van der Waals surface area contributed by atoms with Crippen LogP contribution in [0.1, 0.15) is 35.7 Å². The van der Waals surface area contributed by atoms with Gasteiger partial charge in [0.2, 0.25) is 15.9 Å². The van der Waals surface area contributed by atoms with Crippen LogP contribution in [0, 0.1) is 6.92 Å². The molecule has 0 bridgehead atoms. The first-order valence-corrected chi connectivity index (χ1v) is 14.1. The Bertz CT molecular complexity index is 1320. The Morgan fingerprint density at radius 1 is 1.03 bits per heavy atom. The Morgan fingerprint density at radius 2 is 1.83 bits per heavy atom. The van der Waals surface area contributed by atoms with Gasteiger partial charge in [0.05, 0.1) is 11.1 Å². The van der Waals surface area contributed by atoms with Crippen molar-refractivity contribution in [3.8, 4) is 0 Å². The highest BCUT2D eigenvalue weighted by molar-refractivity contribution is 7.89. The lowest BCUT2D eigenvalue weighted by Crippen LogP contribution is -2.45. The minimum Gasteiger partial charge on any atom is -0.352 e. The van der Waals surface area contributed by atoms with Crippen LogP contribution in [0.2, 0.25) is 5.02 Å². The first-order chi connectivity index (χ1) is 17.3. The minimum absolute atomic E-state index is 0.0486. The summed E-state index contributed by atoms with van der Waals surface area (Å²) in [7, 11) is -3.91. The summed E-state index contributed by atoms with van der Waals surface area (Å²) in [6.45, 7) is 5.10. The lowest BCUT2D eigenvalue weighted by Gasteiger charge is -2.36. The second-order valence-electron chi connectivity index (χ2n) is 9.62. The number of carbonyl (C=O) groups excluding carboxylic acids is 1. The second kappa shape index (κ2) is 10.4. The van der Waals surface area contributed by atoms with Crippen LogP contribution in [-0.4, -0.2) is 53.8 Å². The fourth-order valence-corrected chi connectivity index (χ4v) is 7.77. The third-order valence-electron chi connectivity index (χ3n) is 7.11. The fraction of sp³-hybridized carbons (Fsp3) is 0.370. The van der Waals surface area contributed by atoms with Crippen LogP contribution in [0.15, 0.2) is 71.8 Å². The molecule has 1 saturated heterocycles. The van der Waals surface area contributed by atoms with Crippen LogP contribution >= 0.6 is 11.6 Å². The molecule has 1 fully saturated rings. The number of aromatic nitrogens is 1. The smallest absolute Gasteiger partial charge is 0.245 e. The number of nitrogens with one attached hydrogen (secondary N) is 1. The molecule has 1 N–H and O–H groups in total. The van der Waals surface area contributed by atoms with Crippen molar-refractivity contribution in [1.82, 2.24) is 19.1 Å². The van der Waals surface area contributed by atoms with Gasteiger partial charge in [0.1, 0.15) is 4.90 Å². The molecule has 190 valence electrons. The third-order valence-corrected chi connectivity index (χ3v) is 9.65. The van der Waals surface area contributed by atoms with E-state index in [0.717, 1.165) is 31.7 Å². The normalized spacial score (nSPS) is 20.8. The van der Waals surface area contributed by atoms with E-state index in [0.29, 0.717) is 12.1 Å². The van der Waals surface area contributed by atoms with E-state index < -0.39 is 16.1 Å². The predicted molar refractivity (Wildman–Crippen MR) is 140 cm³/mol. The molecule has 2 atom stereocenters. The third kappa shape index (κ3) is 5.09. The number of benzene rings is 2. The van der Waals surface area contributed by atoms with Crippen molar-refractivity contribution in [2.24, 2.45) is 0 Å². The van der Waals surface area contributed by atoms with Crippen molar-refractivity contribution in [3.63, 3.8) is 0 Å². The molecule has 0 aliphatic carbocycles. The van der Waals surface area contributed by atoms with Gasteiger partial charge in [0.25, 0.3) is 0 Å². The standard InChI is InChI=1S/C27H31ClN4O3S/c1-20-7-5-10-23(28)27(20)36(34,35)32-16-15-31-13-6-11-24(31)25(32)17-26(33)29-22-12-14-30(19-22)18-21-8-3-2-4-9-21/h2-11,13,22,25H,12,14-19H2,1H3,(H,29,33). The van der Waals surface area contributed by atoms with Crippen molar-refractivity contribution >= 4 is 27.5 Å². The number of sulfonamides is 1. The Balaban J connectivity index is 1.31. The largest absolute Gasteiger partial charge is 0.352 e. The number of hydrogen-bond acceptors (Lipinski definition) is 4. The van der Waals surface area contributed by atoms with Crippen molar-refractivity contribution < 1.29 is 13.2 Å². The van der Waals surface area contributed by atoms with Gasteiger partial charge in [-0.15, -0.1) is 0 Å². The van der Waals surface area contributed by atoms with Gasteiger partial charge >= 0.3 is 0 Å². The molecule has 1 amide bonds. The molecule has 7 nitrogen and oxygen atoms in total. The Morgan fingerprint density at radius 3 is 2.61 bits per heavy atom. The summed E-state index contributed by atoms with van der Waals surface area (Å²) in [5, 5.41) is 3.36. The molecule has 36 heavy (non-hydrogen) atoms. The van der Waals surface area contributed by atoms with Crippen LogP contribution in [0.25, 0.3) is 0 Å². The number of hydrogen-bond donors (Lipinski definition) is 1. The maximum absolute atomic E-state index is 13.8. The minimum atomic E-state index is -3.91. The summed E-state index contributed by atoms with van der Waals surface area (Å²) in [6.07, 6.45) is 2.87. The van der Waals surface area contributed by atoms with Crippen molar-refractivity contribution in [2.75, 3.05) is 19.6 Å². The molecule has 5 rings (SSSR count). The summed E-state index contributed by atoms with van der Waals surface area (Å²) in [5.74, 6) is -0.141. The van der Waals surface area contributed by atoms with E-state index in [1.54, 1.807) is 25.1 Å². The number of rotatable bonds is 7. The van der Waals surface area contributed by atoms with E-state index in [1.807, 2.05) is 41.1 Å². The molecular formula is C27H31ClN4O3S. The summed E-state index contributed by atoms with van der Waals surface area (Å²) in [4.78, 5) is 15.7. The first kappa shape index (κ1) is 25.0. The Kier molecular flexibility index (Phi) is 7.21. The average Bonchev–Trinajstić information content (AvgIpc) is 3.49.